The number of likely N-dealkylation sites (tertiary alicyclic amines) is 1. The van der Waals surface area contributed by atoms with Gasteiger partial charge in [0.05, 0.1) is 33.5 Å². The summed E-state index contributed by atoms with van der Waals surface area (Å²) in [6.07, 6.45) is 4.00. The highest BCUT2D eigenvalue weighted by atomic mass is 35.5. The predicted octanol–water partition coefficient (Wildman–Crippen LogP) is 4.33. The van der Waals surface area contributed by atoms with Crippen molar-refractivity contribution >= 4 is 35.1 Å². The van der Waals surface area contributed by atoms with Crippen molar-refractivity contribution in [2.75, 3.05) is 20.1 Å². The molecule has 1 saturated heterocycles. The van der Waals surface area contributed by atoms with Crippen LogP contribution in [0.4, 0.5) is 0 Å². The summed E-state index contributed by atoms with van der Waals surface area (Å²) in [7, 11) is 1.80. The molecular weight excluding hydrogens is 539 g/mol. The first-order valence-electron chi connectivity index (χ1n) is 13.4. The number of ether oxygens (including phenoxy) is 2. The van der Waals surface area contributed by atoms with Crippen molar-refractivity contribution in [3.05, 3.63) is 69.7 Å². The molecule has 2 heterocycles. The number of halogens is 2. The Kier molecular flexibility index (Phi) is 6.50. The van der Waals surface area contributed by atoms with E-state index in [0.717, 1.165) is 23.2 Å². The molecule has 5 atom stereocenters. The van der Waals surface area contributed by atoms with E-state index in [1.54, 1.807) is 36.2 Å². The third-order valence-corrected chi connectivity index (χ3v) is 10.1. The summed E-state index contributed by atoms with van der Waals surface area (Å²) in [6, 6.07) is 8.61. The first-order valence-corrected chi connectivity index (χ1v) is 14.1. The molecule has 4 aliphatic rings. The highest BCUT2D eigenvalue weighted by Crippen LogP contribution is 2.66. The molecule has 2 fully saturated rings. The second-order valence-corrected chi connectivity index (χ2v) is 12.1. The van der Waals surface area contributed by atoms with E-state index in [2.05, 4.69) is 11.5 Å². The molecule has 206 valence electrons. The monoisotopic (exact) mass is 570 g/mol. The fourth-order valence-electron chi connectivity index (χ4n) is 7.74. The molecule has 2 aliphatic carbocycles. The van der Waals surface area contributed by atoms with Crippen LogP contribution in [-0.4, -0.2) is 70.7 Å². The number of carbonyl (C=O) groups is 2. The smallest absolute Gasteiger partial charge is 0.308 e. The lowest BCUT2D eigenvalue weighted by Gasteiger charge is -2.64. The molecule has 39 heavy (non-hydrogen) atoms. The van der Waals surface area contributed by atoms with Gasteiger partial charge in [-0.05, 0) is 61.6 Å². The highest BCUT2D eigenvalue weighted by molar-refractivity contribution is 6.42. The molecule has 1 amide bonds. The molecule has 0 unspecified atom stereocenters. The summed E-state index contributed by atoms with van der Waals surface area (Å²) in [5, 5.41) is 13.5. The van der Waals surface area contributed by atoms with Crippen molar-refractivity contribution in [2.45, 2.75) is 68.2 Å². The molecule has 2 aliphatic heterocycles. The van der Waals surface area contributed by atoms with Crippen LogP contribution in [0.5, 0.6) is 11.5 Å². The Hall–Kier alpha value is -2.58. The topological polar surface area (TPSA) is 79.3 Å². The maximum atomic E-state index is 13.6. The van der Waals surface area contributed by atoms with Gasteiger partial charge in [0, 0.05) is 32.1 Å². The van der Waals surface area contributed by atoms with Crippen molar-refractivity contribution in [1.29, 1.82) is 0 Å². The summed E-state index contributed by atoms with van der Waals surface area (Å²) in [4.78, 5) is 29.6. The summed E-state index contributed by atoms with van der Waals surface area (Å²) >= 11 is 12.3. The van der Waals surface area contributed by atoms with Gasteiger partial charge in [-0.3, -0.25) is 14.5 Å². The minimum absolute atomic E-state index is 0.0725. The van der Waals surface area contributed by atoms with Crippen LogP contribution in [-0.2, 0) is 27.8 Å². The van der Waals surface area contributed by atoms with Crippen LogP contribution in [0.1, 0.15) is 42.9 Å². The fourth-order valence-corrected chi connectivity index (χ4v) is 8.07. The largest absolute Gasteiger partial charge is 0.483 e. The lowest BCUT2D eigenvalue weighted by Crippen LogP contribution is -2.78. The third kappa shape index (κ3) is 3.85. The zero-order valence-corrected chi connectivity index (χ0v) is 23.6. The van der Waals surface area contributed by atoms with Crippen LogP contribution >= 0.6 is 23.2 Å². The minimum Gasteiger partial charge on any atom is -0.483 e. The van der Waals surface area contributed by atoms with E-state index in [0.29, 0.717) is 53.8 Å². The van der Waals surface area contributed by atoms with Crippen molar-refractivity contribution in [1.82, 2.24) is 9.80 Å². The Morgan fingerprint density at radius 2 is 2.05 bits per heavy atom. The Morgan fingerprint density at radius 1 is 1.26 bits per heavy atom. The van der Waals surface area contributed by atoms with Crippen molar-refractivity contribution < 1.29 is 24.2 Å². The standard InChI is InChI=1S/C30H32Cl2N2O5/c1-4-12-34-13-11-29-26-19-6-8-23(38-17(2)35)27(26)39-28(29)22(9-10-30(29,37)24(34)16-19)33(3)25(36)15-18-5-7-20(31)21(32)14-18/h4-8,14,22,24,28,37H,1,9-13,15-16H2,2-3H3/t22-,24+,28-,29-,30+/m0/s1. The van der Waals surface area contributed by atoms with Crippen LogP contribution in [0.15, 0.2) is 43.0 Å². The molecule has 9 heteroatoms. The summed E-state index contributed by atoms with van der Waals surface area (Å²) in [5.41, 5.74) is 1.03. The van der Waals surface area contributed by atoms with E-state index in [-0.39, 0.29) is 24.4 Å². The van der Waals surface area contributed by atoms with Crippen molar-refractivity contribution in [3.8, 4) is 11.5 Å². The van der Waals surface area contributed by atoms with Crippen molar-refractivity contribution in [3.63, 3.8) is 0 Å². The maximum Gasteiger partial charge on any atom is 0.308 e. The van der Waals surface area contributed by atoms with Gasteiger partial charge in [0.15, 0.2) is 11.5 Å². The number of aliphatic hydroxyl groups is 1. The molecule has 1 N–H and O–H groups in total. The predicted molar refractivity (Wildman–Crippen MR) is 149 cm³/mol. The van der Waals surface area contributed by atoms with Crippen LogP contribution in [0.25, 0.3) is 0 Å². The molecule has 1 spiro atoms. The Balaban J connectivity index is 1.41. The maximum absolute atomic E-state index is 13.6. The van der Waals surface area contributed by atoms with E-state index in [9.17, 15) is 14.7 Å². The number of carbonyl (C=O) groups excluding carboxylic acids is 2. The van der Waals surface area contributed by atoms with Gasteiger partial charge in [0.1, 0.15) is 6.10 Å². The number of esters is 1. The number of hydrogen-bond acceptors (Lipinski definition) is 6. The van der Waals surface area contributed by atoms with Gasteiger partial charge in [-0.2, -0.15) is 0 Å². The summed E-state index contributed by atoms with van der Waals surface area (Å²) in [5.74, 6) is 0.385. The van der Waals surface area contributed by atoms with Gasteiger partial charge in [0.25, 0.3) is 0 Å². The lowest BCUT2D eigenvalue weighted by molar-refractivity contribution is -0.198. The summed E-state index contributed by atoms with van der Waals surface area (Å²) < 4.78 is 12.3. The van der Waals surface area contributed by atoms with Crippen LogP contribution in [0, 0.1) is 0 Å². The van der Waals surface area contributed by atoms with Crippen LogP contribution in [0.3, 0.4) is 0 Å². The number of hydrogen-bond donors (Lipinski definition) is 1. The average Bonchev–Trinajstić information content (AvgIpc) is 3.24. The van der Waals surface area contributed by atoms with Gasteiger partial charge in [-0.15, -0.1) is 6.58 Å². The van der Waals surface area contributed by atoms with Crippen molar-refractivity contribution in [2.24, 2.45) is 0 Å². The number of rotatable bonds is 6. The van der Waals surface area contributed by atoms with Gasteiger partial charge in [0.2, 0.25) is 5.91 Å². The number of benzene rings is 2. The Labute approximate surface area is 238 Å². The zero-order chi connectivity index (χ0) is 27.7. The average molecular weight is 572 g/mol. The van der Waals surface area contributed by atoms with E-state index in [4.69, 9.17) is 32.7 Å². The Morgan fingerprint density at radius 3 is 2.77 bits per heavy atom. The number of nitrogens with zero attached hydrogens (tertiary/aromatic N) is 2. The number of amides is 1. The minimum atomic E-state index is -1.06. The van der Waals surface area contributed by atoms with E-state index >= 15 is 0 Å². The van der Waals surface area contributed by atoms with Gasteiger partial charge < -0.3 is 19.5 Å². The SMILES string of the molecule is C=CCN1CC[C@]23c4c5ccc(OC(C)=O)c4O[C@H]2[C@@H](N(C)C(=O)Cc2ccc(Cl)c(Cl)c2)CC[C@@]3(O)[C@H]1C5. The van der Waals surface area contributed by atoms with E-state index < -0.39 is 23.1 Å². The fraction of sp³-hybridized carbons (Fsp3) is 0.467. The molecule has 2 aromatic carbocycles. The first-order chi connectivity index (χ1) is 18.6. The van der Waals surface area contributed by atoms with Gasteiger partial charge >= 0.3 is 5.97 Å². The molecule has 2 aromatic rings. The Bertz CT molecular complexity index is 1380. The normalized spacial score (nSPS) is 30.2. The second-order valence-electron chi connectivity index (χ2n) is 11.2. The number of piperidine rings is 1. The molecular formula is C30H32Cl2N2O5. The van der Waals surface area contributed by atoms with Crippen LogP contribution < -0.4 is 9.47 Å². The first kappa shape index (κ1) is 26.6. The number of likely N-dealkylation sites (N-methyl/N-ethyl adjacent to an activating group) is 1. The molecule has 2 bridgehead atoms. The van der Waals surface area contributed by atoms with Crippen LogP contribution in [0.2, 0.25) is 10.0 Å². The van der Waals surface area contributed by atoms with Gasteiger partial charge in [-0.1, -0.05) is 41.4 Å². The van der Waals surface area contributed by atoms with E-state index in [1.165, 1.54) is 6.92 Å². The molecule has 1 saturated carbocycles. The molecule has 0 radical (unpaired) electrons. The van der Waals surface area contributed by atoms with E-state index in [1.807, 2.05) is 12.1 Å². The third-order valence-electron chi connectivity index (χ3n) is 9.37. The van der Waals surface area contributed by atoms with Gasteiger partial charge in [-0.25, -0.2) is 0 Å². The quantitative estimate of drug-likeness (QED) is 0.316. The second kappa shape index (κ2) is 9.51. The lowest BCUT2D eigenvalue weighted by atomic mass is 9.48. The highest BCUT2D eigenvalue weighted by Gasteiger charge is 2.73. The molecule has 7 nitrogen and oxygen atoms in total. The molecule has 6 rings (SSSR count). The summed E-state index contributed by atoms with van der Waals surface area (Å²) in [6.45, 7) is 6.76. The molecule has 0 aromatic heterocycles. The zero-order valence-electron chi connectivity index (χ0n) is 22.1.